The van der Waals surface area contributed by atoms with Crippen molar-refractivity contribution in [3.63, 3.8) is 0 Å². The molecule has 1 fully saturated rings. The Kier molecular flexibility index (Phi) is 5.72. The number of hydrogen-bond acceptors (Lipinski definition) is 3. The van der Waals surface area contributed by atoms with Gasteiger partial charge in [0, 0.05) is 13.1 Å². The van der Waals surface area contributed by atoms with Crippen LogP contribution in [0.25, 0.3) is 0 Å². The molecule has 0 heterocycles. The van der Waals surface area contributed by atoms with E-state index in [0.717, 1.165) is 31.4 Å². The second-order valence-corrected chi connectivity index (χ2v) is 7.25. The Morgan fingerprint density at radius 1 is 1.33 bits per heavy atom. The summed E-state index contributed by atoms with van der Waals surface area (Å²) < 4.78 is 40.6. The molecular weight excluding hydrogens is 291 g/mol. The van der Waals surface area contributed by atoms with E-state index in [1.54, 1.807) is 0 Å². The van der Waals surface area contributed by atoms with Crippen LogP contribution in [0, 0.1) is 11.7 Å². The summed E-state index contributed by atoms with van der Waals surface area (Å²) in [5.74, 6) is 0.251. The van der Waals surface area contributed by atoms with Gasteiger partial charge in [0.1, 0.15) is 5.82 Å². The third kappa shape index (κ3) is 5.05. The maximum Gasteiger partial charge on any atom is 0.240 e. The Labute approximate surface area is 126 Å². The molecule has 0 spiro atoms. The van der Waals surface area contributed by atoms with Gasteiger partial charge in [0.2, 0.25) is 10.0 Å². The zero-order chi connectivity index (χ0) is 15.3. The van der Waals surface area contributed by atoms with Gasteiger partial charge in [-0.15, -0.1) is 0 Å². The highest BCUT2D eigenvalue weighted by Crippen LogP contribution is 2.33. The number of rotatable bonds is 9. The monoisotopic (exact) mass is 314 g/mol. The summed E-state index contributed by atoms with van der Waals surface area (Å²) in [6.45, 7) is 3.49. The van der Waals surface area contributed by atoms with Crippen LogP contribution >= 0.6 is 0 Å². The molecule has 2 rings (SSSR count). The van der Waals surface area contributed by atoms with Crippen LogP contribution in [0.2, 0.25) is 0 Å². The molecule has 0 bridgehead atoms. The molecule has 0 aromatic heterocycles. The van der Waals surface area contributed by atoms with E-state index >= 15 is 0 Å². The molecule has 0 saturated heterocycles. The summed E-state index contributed by atoms with van der Waals surface area (Å²) in [4.78, 5) is 0.0369. The lowest BCUT2D eigenvalue weighted by Crippen LogP contribution is -2.27. The molecule has 1 aliphatic carbocycles. The van der Waals surface area contributed by atoms with Crippen LogP contribution in [0.1, 0.15) is 38.2 Å². The molecule has 21 heavy (non-hydrogen) atoms. The first kappa shape index (κ1) is 16.4. The van der Waals surface area contributed by atoms with Crippen molar-refractivity contribution in [1.82, 2.24) is 10.0 Å². The van der Waals surface area contributed by atoms with E-state index in [-0.39, 0.29) is 4.90 Å². The number of halogens is 1. The van der Waals surface area contributed by atoms with Crippen molar-refractivity contribution in [3.8, 4) is 0 Å². The fourth-order valence-electron chi connectivity index (χ4n) is 2.27. The second-order valence-electron chi connectivity index (χ2n) is 5.52. The number of benzene rings is 1. The Morgan fingerprint density at radius 2 is 2.10 bits per heavy atom. The van der Waals surface area contributed by atoms with Crippen molar-refractivity contribution in [2.75, 3.05) is 13.1 Å². The summed E-state index contributed by atoms with van der Waals surface area (Å²) in [7, 11) is -3.65. The molecule has 1 saturated carbocycles. The second kappa shape index (κ2) is 7.33. The van der Waals surface area contributed by atoms with Crippen LogP contribution < -0.4 is 10.0 Å². The van der Waals surface area contributed by atoms with Crippen molar-refractivity contribution in [3.05, 3.63) is 29.6 Å². The Balaban J connectivity index is 2.03. The van der Waals surface area contributed by atoms with E-state index in [0.29, 0.717) is 18.7 Å². The fourth-order valence-corrected chi connectivity index (χ4v) is 3.59. The molecule has 0 atom stereocenters. The summed E-state index contributed by atoms with van der Waals surface area (Å²) in [5.41, 5.74) is 0.591. The SMILES string of the molecule is CCNCc1ccc(F)cc1S(=O)(=O)NCCCC1CC1. The van der Waals surface area contributed by atoms with Gasteiger partial charge in [0.25, 0.3) is 0 Å². The number of nitrogens with one attached hydrogen (secondary N) is 2. The Bertz CT molecular complexity index is 571. The van der Waals surface area contributed by atoms with Crippen LogP contribution in [0.3, 0.4) is 0 Å². The van der Waals surface area contributed by atoms with Gasteiger partial charge < -0.3 is 5.32 Å². The van der Waals surface area contributed by atoms with Gasteiger partial charge in [0.15, 0.2) is 0 Å². The lowest BCUT2D eigenvalue weighted by Gasteiger charge is -2.12. The molecule has 1 aromatic rings. The third-order valence-electron chi connectivity index (χ3n) is 3.66. The van der Waals surface area contributed by atoms with Crippen molar-refractivity contribution in [2.45, 2.75) is 44.0 Å². The minimum absolute atomic E-state index is 0.0369. The molecule has 4 nitrogen and oxygen atoms in total. The van der Waals surface area contributed by atoms with Crippen LogP contribution in [-0.4, -0.2) is 21.5 Å². The van der Waals surface area contributed by atoms with Gasteiger partial charge in [-0.2, -0.15) is 0 Å². The molecule has 1 aliphatic rings. The molecule has 118 valence electrons. The zero-order valence-electron chi connectivity index (χ0n) is 12.4. The van der Waals surface area contributed by atoms with Crippen molar-refractivity contribution in [2.24, 2.45) is 5.92 Å². The lowest BCUT2D eigenvalue weighted by molar-refractivity contribution is 0.566. The third-order valence-corrected chi connectivity index (χ3v) is 5.21. The van der Waals surface area contributed by atoms with E-state index in [9.17, 15) is 12.8 Å². The topological polar surface area (TPSA) is 58.2 Å². The summed E-state index contributed by atoms with van der Waals surface area (Å²) in [6.07, 6.45) is 4.44. The van der Waals surface area contributed by atoms with Crippen molar-refractivity contribution < 1.29 is 12.8 Å². The minimum Gasteiger partial charge on any atom is -0.313 e. The quantitative estimate of drug-likeness (QED) is 0.688. The number of hydrogen-bond donors (Lipinski definition) is 2. The normalized spacial score (nSPS) is 15.3. The van der Waals surface area contributed by atoms with Gasteiger partial charge in [0.05, 0.1) is 4.90 Å². The van der Waals surface area contributed by atoms with E-state index in [1.165, 1.54) is 25.0 Å². The van der Waals surface area contributed by atoms with Gasteiger partial charge in [-0.05, 0) is 43.0 Å². The zero-order valence-corrected chi connectivity index (χ0v) is 13.2. The van der Waals surface area contributed by atoms with Crippen LogP contribution in [-0.2, 0) is 16.6 Å². The maximum absolute atomic E-state index is 13.4. The van der Waals surface area contributed by atoms with E-state index in [4.69, 9.17) is 0 Å². The first-order chi connectivity index (χ1) is 10.0. The summed E-state index contributed by atoms with van der Waals surface area (Å²) in [6, 6.07) is 3.91. The Hall–Kier alpha value is -0.980. The fraction of sp³-hybridized carbons (Fsp3) is 0.600. The summed E-state index contributed by atoms with van der Waals surface area (Å²) in [5, 5.41) is 3.07. The largest absolute Gasteiger partial charge is 0.313 e. The van der Waals surface area contributed by atoms with Gasteiger partial charge >= 0.3 is 0 Å². The molecule has 0 aliphatic heterocycles. The van der Waals surface area contributed by atoms with Gasteiger partial charge in [-0.25, -0.2) is 17.5 Å². The molecular formula is C15H23FN2O2S. The lowest BCUT2D eigenvalue weighted by atomic mass is 10.2. The average Bonchev–Trinajstić information content (AvgIpc) is 3.26. The Morgan fingerprint density at radius 3 is 2.76 bits per heavy atom. The molecule has 0 amide bonds. The van der Waals surface area contributed by atoms with Crippen LogP contribution in [0.4, 0.5) is 4.39 Å². The average molecular weight is 314 g/mol. The molecule has 1 aromatic carbocycles. The molecule has 6 heteroatoms. The maximum atomic E-state index is 13.4. The molecule has 0 unspecified atom stereocenters. The smallest absolute Gasteiger partial charge is 0.240 e. The summed E-state index contributed by atoms with van der Waals surface area (Å²) >= 11 is 0. The standard InChI is InChI=1S/C15H23FN2O2S/c1-2-17-11-13-7-8-14(16)10-15(13)21(19,20)18-9-3-4-12-5-6-12/h7-8,10,12,17-18H,2-6,9,11H2,1H3. The first-order valence-electron chi connectivity index (χ1n) is 7.51. The molecule has 2 N–H and O–H groups in total. The predicted molar refractivity (Wildman–Crippen MR) is 80.9 cm³/mol. The highest BCUT2D eigenvalue weighted by atomic mass is 32.2. The minimum atomic E-state index is -3.65. The van der Waals surface area contributed by atoms with E-state index < -0.39 is 15.8 Å². The van der Waals surface area contributed by atoms with Crippen molar-refractivity contribution in [1.29, 1.82) is 0 Å². The first-order valence-corrected chi connectivity index (χ1v) is 9.00. The van der Waals surface area contributed by atoms with Gasteiger partial charge in [-0.1, -0.05) is 25.8 Å². The number of sulfonamides is 1. The van der Waals surface area contributed by atoms with Crippen LogP contribution in [0.5, 0.6) is 0 Å². The predicted octanol–water partition coefficient (Wildman–Crippen LogP) is 2.40. The van der Waals surface area contributed by atoms with Crippen molar-refractivity contribution >= 4 is 10.0 Å². The van der Waals surface area contributed by atoms with Crippen LogP contribution in [0.15, 0.2) is 23.1 Å². The van der Waals surface area contributed by atoms with E-state index in [2.05, 4.69) is 10.0 Å². The highest BCUT2D eigenvalue weighted by Gasteiger charge is 2.22. The van der Waals surface area contributed by atoms with Gasteiger partial charge in [-0.3, -0.25) is 0 Å². The molecule has 0 radical (unpaired) electrons. The van der Waals surface area contributed by atoms with E-state index in [1.807, 2.05) is 6.92 Å². The highest BCUT2D eigenvalue weighted by molar-refractivity contribution is 7.89.